The molecule has 0 aliphatic rings. The molecule has 0 N–H and O–H groups in total. The average Bonchev–Trinajstić information content (AvgIpc) is 3.10. The molecule has 0 aliphatic carbocycles. The summed E-state index contributed by atoms with van der Waals surface area (Å²) >= 11 is 0. The van der Waals surface area contributed by atoms with Gasteiger partial charge in [-0.1, -0.05) is 49.6 Å². The van der Waals surface area contributed by atoms with E-state index in [0.717, 1.165) is 43.4 Å². The lowest BCUT2D eigenvalue weighted by molar-refractivity contribution is -0.140. The van der Waals surface area contributed by atoms with Crippen molar-refractivity contribution in [3.63, 3.8) is 0 Å². The van der Waals surface area contributed by atoms with Crippen LogP contribution in [-0.2, 0) is 16.1 Å². The lowest BCUT2D eigenvalue weighted by Crippen LogP contribution is -2.23. The highest BCUT2D eigenvalue weighted by Crippen LogP contribution is 2.22. The number of nitrogens with zero attached hydrogens (tertiary/aromatic N) is 2. The van der Waals surface area contributed by atoms with E-state index in [2.05, 4.69) is 4.74 Å². The van der Waals surface area contributed by atoms with Crippen LogP contribution in [0.5, 0.6) is 0 Å². The van der Waals surface area contributed by atoms with Crippen molar-refractivity contribution < 1.29 is 13.9 Å². The Morgan fingerprint density at radius 1 is 0.933 bits per heavy atom. The normalized spacial score (nSPS) is 10.9. The van der Waals surface area contributed by atoms with Gasteiger partial charge in [0.2, 0.25) is 0 Å². The molecule has 0 bridgehead atoms. The fourth-order valence-corrected chi connectivity index (χ4v) is 3.49. The second-order valence-electron chi connectivity index (χ2n) is 7.26. The third-order valence-corrected chi connectivity index (χ3v) is 5.12. The number of methoxy groups -OCH3 is 1. The second-order valence-corrected chi connectivity index (χ2v) is 7.26. The number of esters is 1. The van der Waals surface area contributed by atoms with E-state index in [1.807, 2.05) is 36.5 Å². The van der Waals surface area contributed by atoms with Crippen LogP contribution in [-0.4, -0.2) is 22.2 Å². The monoisotopic (exact) mass is 410 g/mol. The molecule has 2 aromatic carbocycles. The summed E-state index contributed by atoms with van der Waals surface area (Å²) in [6.07, 6.45) is 6.99. The summed E-state index contributed by atoms with van der Waals surface area (Å²) in [5.41, 5.74) is 2.22. The SMILES string of the molecule is COC(=O)CCCCCCCn1cc(-c2ccccc2)n(-c2ccc(F)cc2)c1=O. The molecule has 0 fully saturated rings. The van der Waals surface area contributed by atoms with E-state index >= 15 is 0 Å². The quantitative estimate of drug-likeness (QED) is 0.351. The first kappa shape index (κ1) is 21.6. The lowest BCUT2D eigenvalue weighted by Gasteiger charge is -2.07. The molecule has 158 valence electrons. The maximum Gasteiger partial charge on any atom is 0.333 e. The molecule has 0 spiro atoms. The van der Waals surface area contributed by atoms with Crippen molar-refractivity contribution >= 4 is 5.97 Å². The van der Waals surface area contributed by atoms with E-state index in [-0.39, 0.29) is 17.5 Å². The highest BCUT2D eigenvalue weighted by atomic mass is 19.1. The van der Waals surface area contributed by atoms with Crippen molar-refractivity contribution in [2.45, 2.75) is 45.1 Å². The Labute approximate surface area is 175 Å². The molecule has 0 amide bonds. The van der Waals surface area contributed by atoms with Crippen LogP contribution in [0, 0.1) is 5.82 Å². The molecule has 3 aromatic rings. The fraction of sp³-hybridized carbons (Fsp3) is 0.333. The van der Waals surface area contributed by atoms with Crippen molar-refractivity contribution in [3.8, 4) is 16.9 Å². The van der Waals surface area contributed by atoms with Crippen LogP contribution in [0.4, 0.5) is 4.39 Å². The first-order valence-electron chi connectivity index (χ1n) is 10.3. The molecule has 0 unspecified atom stereocenters. The largest absolute Gasteiger partial charge is 0.469 e. The van der Waals surface area contributed by atoms with Crippen molar-refractivity contribution in [2.75, 3.05) is 7.11 Å². The number of imidazole rings is 1. The Morgan fingerprint density at radius 3 is 2.30 bits per heavy atom. The lowest BCUT2D eigenvalue weighted by atomic mass is 10.1. The predicted octanol–water partition coefficient (Wildman–Crippen LogP) is 4.96. The molecule has 3 rings (SSSR count). The van der Waals surface area contributed by atoms with Crippen LogP contribution in [0.1, 0.15) is 38.5 Å². The average molecular weight is 410 g/mol. The van der Waals surface area contributed by atoms with E-state index in [9.17, 15) is 14.0 Å². The molecule has 1 heterocycles. The van der Waals surface area contributed by atoms with Gasteiger partial charge in [0.1, 0.15) is 5.82 Å². The molecule has 0 saturated carbocycles. The molecule has 0 radical (unpaired) electrons. The maximum atomic E-state index is 13.4. The van der Waals surface area contributed by atoms with Gasteiger partial charge in [0.05, 0.1) is 18.5 Å². The van der Waals surface area contributed by atoms with Gasteiger partial charge in [-0.15, -0.1) is 0 Å². The van der Waals surface area contributed by atoms with Gasteiger partial charge in [-0.2, -0.15) is 0 Å². The number of aryl methyl sites for hydroxylation is 1. The smallest absolute Gasteiger partial charge is 0.333 e. The highest BCUT2D eigenvalue weighted by molar-refractivity contribution is 5.69. The van der Waals surface area contributed by atoms with Gasteiger partial charge in [0, 0.05) is 24.7 Å². The zero-order valence-electron chi connectivity index (χ0n) is 17.2. The molecule has 6 heteroatoms. The minimum atomic E-state index is -0.334. The number of ether oxygens (including phenoxy) is 1. The van der Waals surface area contributed by atoms with Gasteiger partial charge in [-0.3, -0.25) is 13.9 Å². The number of benzene rings is 2. The number of halogens is 1. The van der Waals surface area contributed by atoms with Crippen molar-refractivity contribution in [1.82, 2.24) is 9.13 Å². The third-order valence-electron chi connectivity index (χ3n) is 5.12. The third kappa shape index (κ3) is 5.47. The number of unbranched alkanes of at least 4 members (excludes halogenated alkanes) is 4. The fourth-order valence-electron chi connectivity index (χ4n) is 3.49. The topological polar surface area (TPSA) is 53.2 Å². The maximum absolute atomic E-state index is 13.4. The summed E-state index contributed by atoms with van der Waals surface area (Å²) in [6.45, 7) is 0.615. The Kier molecular flexibility index (Phi) is 7.60. The summed E-state index contributed by atoms with van der Waals surface area (Å²) < 4.78 is 21.4. The van der Waals surface area contributed by atoms with Crippen LogP contribution < -0.4 is 5.69 Å². The van der Waals surface area contributed by atoms with Crippen molar-refractivity contribution in [1.29, 1.82) is 0 Å². The van der Waals surface area contributed by atoms with Gasteiger partial charge in [-0.25, -0.2) is 9.18 Å². The molecule has 1 aromatic heterocycles. The predicted molar refractivity (Wildman–Crippen MR) is 115 cm³/mol. The highest BCUT2D eigenvalue weighted by Gasteiger charge is 2.14. The summed E-state index contributed by atoms with van der Waals surface area (Å²) in [7, 11) is 1.40. The zero-order chi connectivity index (χ0) is 21.3. The summed E-state index contributed by atoms with van der Waals surface area (Å²) in [5.74, 6) is -0.503. The molecule has 0 saturated heterocycles. The zero-order valence-corrected chi connectivity index (χ0v) is 17.2. The van der Waals surface area contributed by atoms with Gasteiger partial charge in [-0.05, 0) is 37.1 Å². The minimum Gasteiger partial charge on any atom is -0.469 e. The second kappa shape index (κ2) is 10.6. The Morgan fingerprint density at radius 2 is 1.60 bits per heavy atom. The number of aromatic nitrogens is 2. The molecule has 30 heavy (non-hydrogen) atoms. The molecular formula is C24H27FN2O3. The van der Waals surface area contributed by atoms with Crippen molar-refractivity contribution in [2.24, 2.45) is 0 Å². The Bertz CT molecular complexity index is 1010. The van der Waals surface area contributed by atoms with Crippen LogP contribution >= 0.6 is 0 Å². The van der Waals surface area contributed by atoms with E-state index < -0.39 is 0 Å². The van der Waals surface area contributed by atoms with E-state index in [4.69, 9.17) is 0 Å². The van der Waals surface area contributed by atoms with Gasteiger partial charge < -0.3 is 4.74 Å². The molecule has 0 aliphatic heterocycles. The van der Waals surface area contributed by atoms with Gasteiger partial charge in [0.25, 0.3) is 0 Å². The summed E-state index contributed by atoms with van der Waals surface area (Å²) in [5, 5.41) is 0. The van der Waals surface area contributed by atoms with Crippen LogP contribution in [0.3, 0.4) is 0 Å². The van der Waals surface area contributed by atoms with E-state index in [1.165, 1.54) is 19.2 Å². The first-order valence-corrected chi connectivity index (χ1v) is 10.3. The van der Waals surface area contributed by atoms with Gasteiger partial charge >= 0.3 is 11.7 Å². The number of rotatable bonds is 10. The van der Waals surface area contributed by atoms with Gasteiger partial charge in [0.15, 0.2) is 0 Å². The number of carbonyl (C=O) groups is 1. The van der Waals surface area contributed by atoms with Crippen molar-refractivity contribution in [3.05, 3.63) is 77.1 Å². The van der Waals surface area contributed by atoms with E-state index in [0.29, 0.717) is 18.7 Å². The Balaban J connectivity index is 1.71. The Hall–Kier alpha value is -3.15. The molecule has 5 nitrogen and oxygen atoms in total. The minimum absolute atomic E-state index is 0.133. The molecular weight excluding hydrogens is 383 g/mol. The number of hydrogen-bond acceptors (Lipinski definition) is 3. The summed E-state index contributed by atoms with van der Waals surface area (Å²) in [4.78, 5) is 24.2. The number of hydrogen-bond donors (Lipinski definition) is 0. The van der Waals surface area contributed by atoms with Crippen LogP contribution in [0.15, 0.2) is 65.6 Å². The van der Waals surface area contributed by atoms with Crippen LogP contribution in [0.2, 0.25) is 0 Å². The molecule has 0 atom stereocenters. The first-order chi connectivity index (χ1) is 14.6. The van der Waals surface area contributed by atoms with E-state index in [1.54, 1.807) is 21.3 Å². The standard InChI is InChI=1S/C24H27FN2O3/c1-30-23(28)12-8-3-2-4-9-17-26-18-22(19-10-6-5-7-11-19)27(24(26)29)21-15-13-20(25)14-16-21/h5-7,10-11,13-16,18H,2-4,8-9,12,17H2,1H3. The van der Waals surface area contributed by atoms with Crippen LogP contribution in [0.25, 0.3) is 16.9 Å². The summed E-state index contributed by atoms with van der Waals surface area (Å²) in [6, 6.07) is 15.7. The number of carbonyl (C=O) groups excluding carboxylic acids is 1.